The SMILES string of the molecule is CCC1CCc2cc(C(=O)OC)ccc2C(c2ccc(CC3CN(CCCF)C3)cc2)=C1Br. The molecule has 0 aromatic heterocycles. The maximum Gasteiger partial charge on any atom is 0.337 e. The second kappa shape index (κ2) is 11.0. The first kappa shape index (κ1) is 24.2. The summed E-state index contributed by atoms with van der Waals surface area (Å²) in [6.07, 6.45) is 4.78. The van der Waals surface area contributed by atoms with Gasteiger partial charge in [-0.25, -0.2) is 4.79 Å². The maximum absolute atomic E-state index is 12.4. The molecule has 0 amide bonds. The van der Waals surface area contributed by atoms with Gasteiger partial charge in [0.25, 0.3) is 0 Å². The van der Waals surface area contributed by atoms with Gasteiger partial charge in [-0.1, -0.05) is 53.2 Å². The largest absolute Gasteiger partial charge is 0.465 e. The number of fused-ring (bicyclic) bond motifs is 1. The molecule has 2 aromatic rings. The van der Waals surface area contributed by atoms with Crippen LogP contribution in [0.1, 0.15) is 58.8 Å². The second-order valence-corrected chi connectivity index (χ2v) is 10.2. The predicted octanol–water partition coefficient (Wildman–Crippen LogP) is 6.43. The Kier molecular flexibility index (Phi) is 8.02. The van der Waals surface area contributed by atoms with Gasteiger partial charge >= 0.3 is 5.97 Å². The van der Waals surface area contributed by atoms with Crippen LogP contribution in [-0.2, 0) is 17.6 Å². The van der Waals surface area contributed by atoms with E-state index in [1.54, 1.807) is 0 Å². The minimum Gasteiger partial charge on any atom is -0.465 e. The van der Waals surface area contributed by atoms with Crippen molar-refractivity contribution in [1.29, 1.82) is 0 Å². The van der Waals surface area contributed by atoms with E-state index in [-0.39, 0.29) is 12.6 Å². The summed E-state index contributed by atoms with van der Waals surface area (Å²) in [5.41, 5.74) is 6.80. The van der Waals surface area contributed by atoms with Gasteiger partial charge in [-0.3, -0.25) is 4.39 Å². The Morgan fingerprint density at radius 2 is 1.94 bits per heavy atom. The fourth-order valence-electron chi connectivity index (χ4n) is 5.17. The third-order valence-electron chi connectivity index (χ3n) is 7.06. The lowest BCUT2D eigenvalue weighted by Crippen LogP contribution is -2.47. The van der Waals surface area contributed by atoms with Crippen molar-refractivity contribution in [2.24, 2.45) is 11.8 Å². The molecule has 176 valence electrons. The molecule has 2 aliphatic rings. The highest BCUT2D eigenvalue weighted by molar-refractivity contribution is 9.11. The molecule has 1 aliphatic carbocycles. The number of rotatable bonds is 8. The molecule has 2 aromatic carbocycles. The number of allylic oxidation sites excluding steroid dienone is 1. The van der Waals surface area contributed by atoms with Crippen molar-refractivity contribution in [2.45, 2.75) is 39.0 Å². The number of esters is 1. The quantitative estimate of drug-likeness (QED) is 0.380. The number of halogens is 2. The number of methoxy groups -OCH3 is 1. The highest BCUT2D eigenvalue weighted by Gasteiger charge is 2.27. The normalized spacial score (nSPS) is 19.1. The summed E-state index contributed by atoms with van der Waals surface area (Å²) in [4.78, 5) is 14.4. The van der Waals surface area contributed by atoms with Crippen LogP contribution in [0.3, 0.4) is 0 Å². The first-order valence-corrected chi connectivity index (χ1v) is 12.8. The molecule has 1 unspecified atom stereocenters. The van der Waals surface area contributed by atoms with Crippen LogP contribution in [0.15, 0.2) is 46.9 Å². The number of hydrogen-bond acceptors (Lipinski definition) is 3. The Hall–Kier alpha value is -1.98. The molecule has 3 nitrogen and oxygen atoms in total. The van der Waals surface area contributed by atoms with E-state index in [9.17, 15) is 9.18 Å². The summed E-state index contributed by atoms with van der Waals surface area (Å²) in [5, 5.41) is 0. The molecule has 1 aliphatic heterocycles. The van der Waals surface area contributed by atoms with Crippen LogP contribution in [0, 0.1) is 11.8 Å². The van der Waals surface area contributed by atoms with Crippen molar-refractivity contribution in [3.05, 3.63) is 74.8 Å². The molecule has 0 bridgehead atoms. The molecule has 0 spiro atoms. The number of alkyl halides is 1. The predicted molar refractivity (Wildman–Crippen MR) is 136 cm³/mol. The average molecular weight is 514 g/mol. The van der Waals surface area contributed by atoms with E-state index < -0.39 is 0 Å². The molecule has 0 N–H and O–H groups in total. The van der Waals surface area contributed by atoms with Gasteiger partial charge in [0.15, 0.2) is 0 Å². The van der Waals surface area contributed by atoms with Crippen LogP contribution >= 0.6 is 15.9 Å². The van der Waals surface area contributed by atoms with Crippen molar-refractivity contribution in [3.8, 4) is 0 Å². The van der Waals surface area contributed by atoms with Gasteiger partial charge in [0.2, 0.25) is 0 Å². The summed E-state index contributed by atoms with van der Waals surface area (Å²) < 4.78 is 18.6. The Morgan fingerprint density at radius 1 is 1.18 bits per heavy atom. The van der Waals surface area contributed by atoms with E-state index in [1.807, 2.05) is 12.1 Å². The van der Waals surface area contributed by atoms with Gasteiger partial charge in [-0.15, -0.1) is 0 Å². The number of hydrogen-bond donors (Lipinski definition) is 0. The van der Waals surface area contributed by atoms with Crippen molar-refractivity contribution >= 4 is 27.5 Å². The topological polar surface area (TPSA) is 29.5 Å². The molecule has 1 saturated heterocycles. The zero-order chi connectivity index (χ0) is 23.4. The Labute approximate surface area is 205 Å². The lowest BCUT2D eigenvalue weighted by Gasteiger charge is -2.39. The minimum absolute atomic E-state index is 0.222. The number of ether oxygens (including phenoxy) is 1. The lowest BCUT2D eigenvalue weighted by atomic mass is 9.89. The van der Waals surface area contributed by atoms with Crippen molar-refractivity contribution < 1.29 is 13.9 Å². The van der Waals surface area contributed by atoms with E-state index in [4.69, 9.17) is 4.74 Å². The molecule has 5 heteroatoms. The number of aryl methyl sites for hydroxylation is 1. The van der Waals surface area contributed by atoms with Crippen LogP contribution in [0.25, 0.3) is 5.57 Å². The van der Waals surface area contributed by atoms with E-state index >= 15 is 0 Å². The van der Waals surface area contributed by atoms with Crippen molar-refractivity contribution in [2.75, 3.05) is 33.4 Å². The highest BCUT2D eigenvalue weighted by Crippen LogP contribution is 2.42. The number of carbonyl (C=O) groups excluding carboxylic acids is 1. The van der Waals surface area contributed by atoms with Gasteiger partial charge in [0.05, 0.1) is 19.3 Å². The molecule has 0 radical (unpaired) electrons. The maximum atomic E-state index is 12.4. The molecule has 1 atom stereocenters. The van der Waals surface area contributed by atoms with E-state index in [1.165, 1.54) is 39.4 Å². The number of benzene rings is 2. The molecule has 1 heterocycles. The zero-order valence-electron chi connectivity index (χ0n) is 19.6. The number of likely N-dealkylation sites (tertiary alicyclic amines) is 1. The molecule has 1 fully saturated rings. The summed E-state index contributed by atoms with van der Waals surface area (Å²) in [6.45, 7) is 5.04. The van der Waals surface area contributed by atoms with E-state index in [2.05, 4.69) is 58.1 Å². The summed E-state index contributed by atoms with van der Waals surface area (Å²) >= 11 is 3.96. The third-order valence-corrected chi connectivity index (χ3v) is 8.10. The van der Waals surface area contributed by atoms with Crippen molar-refractivity contribution in [1.82, 2.24) is 4.90 Å². The second-order valence-electron chi connectivity index (χ2n) is 9.30. The molecule has 4 rings (SSSR count). The van der Waals surface area contributed by atoms with Crippen LogP contribution in [0.2, 0.25) is 0 Å². The highest BCUT2D eigenvalue weighted by atomic mass is 79.9. The number of carbonyl (C=O) groups is 1. The molecular formula is C28H33BrFNO2. The van der Waals surface area contributed by atoms with Gasteiger partial charge in [0, 0.05) is 24.1 Å². The van der Waals surface area contributed by atoms with Crippen LogP contribution in [-0.4, -0.2) is 44.3 Å². The zero-order valence-corrected chi connectivity index (χ0v) is 21.2. The van der Waals surface area contributed by atoms with Crippen LogP contribution in [0.4, 0.5) is 4.39 Å². The van der Waals surface area contributed by atoms with Crippen LogP contribution in [0.5, 0.6) is 0 Å². The molecular weight excluding hydrogens is 481 g/mol. The minimum atomic E-state index is -0.290. The first-order chi connectivity index (χ1) is 16.0. The number of nitrogens with zero attached hydrogens (tertiary/aromatic N) is 1. The fraction of sp³-hybridized carbons (Fsp3) is 0.464. The van der Waals surface area contributed by atoms with Gasteiger partial charge < -0.3 is 9.64 Å². The first-order valence-electron chi connectivity index (χ1n) is 12.0. The average Bonchev–Trinajstić information content (AvgIpc) is 2.95. The van der Waals surface area contributed by atoms with Crippen LogP contribution < -0.4 is 0 Å². The smallest absolute Gasteiger partial charge is 0.337 e. The monoisotopic (exact) mass is 513 g/mol. The molecule has 0 saturated carbocycles. The summed E-state index contributed by atoms with van der Waals surface area (Å²) in [7, 11) is 1.43. The van der Waals surface area contributed by atoms with E-state index in [0.29, 0.717) is 23.8 Å². The van der Waals surface area contributed by atoms with Gasteiger partial charge in [-0.2, -0.15) is 0 Å². The Bertz CT molecular complexity index is 1010. The lowest BCUT2D eigenvalue weighted by molar-refractivity contribution is 0.0600. The molecule has 33 heavy (non-hydrogen) atoms. The van der Waals surface area contributed by atoms with Gasteiger partial charge in [0.1, 0.15) is 0 Å². The third kappa shape index (κ3) is 5.41. The standard InChI is InChI=1S/C28H33BrFNO2/c1-3-21-9-10-23-16-24(28(32)33-2)11-12-25(23)26(27(21)29)22-7-5-19(6-8-22)15-20-17-31(18-20)14-4-13-30/h5-8,11-12,16,20-21H,3-4,9-10,13-15,17-18H2,1-2H3. The fourth-order valence-corrected chi connectivity index (χ4v) is 6.16. The summed E-state index contributed by atoms with van der Waals surface area (Å²) in [6, 6.07) is 14.9. The summed E-state index contributed by atoms with van der Waals surface area (Å²) in [5.74, 6) is 0.836. The Balaban J connectivity index is 1.57. The Morgan fingerprint density at radius 3 is 2.61 bits per heavy atom. The van der Waals surface area contributed by atoms with Gasteiger partial charge in [-0.05, 0) is 83.9 Å². The van der Waals surface area contributed by atoms with Crippen molar-refractivity contribution in [3.63, 3.8) is 0 Å². The van der Waals surface area contributed by atoms with E-state index in [0.717, 1.165) is 45.3 Å².